The fourth-order valence-corrected chi connectivity index (χ4v) is 0.896. The first kappa shape index (κ1) is 14.4. The molecule has 7 nitrogen and oxygen atoms in total. The summed E-state index contributed by atoms with van der Waals surface area (Å²) in [5.41, 5.74) is 1.71. The van der Waals surface area contributed by atoms with Crippen LogP contribution in [0.4, 0.5) is 0 Å². The number of hydrogen-bond acceptors (Lipinski definition) is 4. The van der Waals surface area contributed by atoms with Gasteiger partial charge in [-0.2, -0.15) is 0 Å². The maximum atomic E-state index is 11.3. The van der Waals surface area contributed by atoms with Crippen LogP contribution in [0.2, 0.25) is 0 Å². The van der Waals surface area contributed by atoms with Crippen LogP contribution in [0.1, 0.15) is 13.8 Å². The zero-order chi connectivity index (χ0) is 12.7. The van der Waals surface area contributed by atoms with Gasteiger partial charge in [-0.1, -0.05) is 13.8 Å². The summed E-state index contributed by atoms with van der Waals surface area (Å²) in [7, 11) is 1.35. The molecule has 0 aliphatic rings. The summed E-state index contributed by atoms with van der Waals surface area (Å²) in [4.78, 5) is 34.3. The van der Waals surface area contributed by atoms with E-state index in [1.807, 2.05) is 13.8 Å². The molecule has 0 aliphatic heterocycles. The number of nitrogens with zero attached hydrogens (tertiary/aromatic N) is 1. The summed E-state index contributed by atoms with van der Waals surface area (Å²) in [6, 6.07) is 0. The van der Waals surface area contributed by atoms with Crippen LogP contribution in [-0.4, -0.2) is 42.8 Å². The number of nitrogens with one attached hydrogen (secondary N) is 2. The normalized spacial score (nSPS) is 9.81. The summed E-state index contributed by atoms with van der Waals surface area (Å²) in [5.74, 6) is 3.02. The van der Waals surface area contributed by atoms with Crippen molar-refractivity contribution < 1.29 is 14.4 Å². The lowest BCUT2D eigenvalue weighted by molar-refractivity contribution is -0.146. The van der Waals surface area contributed by atoms with Gasteiger partial charge in [-0.25, -0.2) is 5.84 Å². The first-order valence-electron chi connectivity index (χ1n) is 4.91. The zero-order valence-corrected chi connectivity index (χ0v) is 9.74. The topological polar surface area (TPSA) is 105 Å². The van der Waals surface area contributed by atoms with Gasteiger partial charge in [-0.3, -0.25) is 19.8 Å². The van der Waals surface area contributed by atoms with Crippen LogP contribution in [0, 0.1) is 5.92 Å². The highest BCUT2D eigenvalue weighted by Gasteiger charge is 2.19. The third kappa shape index (κ3) is 5.30. The largest absolute Gasteiger partial charge is 0.354 e. The average molecular weight is 230 g/mol. The molecule has 16 heavy (non-hydrogen) atoms. The number of carbonyl (C=O) groups excluding carboxylic acids is 3. The summed E-state index contributed by atoms with van der Waals surface area (Å²) >= 11 is 0. The molecule has 0 rings (SSSR count). The predicted molar refractivity (Wildman–Crippen MR) is 57.8 cm³/mol. The molecule has 0 unspecified atom stereocenters. The molecule has 0 atom stereocenters. The van der Waals surface area contributed by atoms with E-state index in [1.165, 1.54) is 7.05 Å². The highest BCUT2D eigenvalue weighted by atomic mass is 16.2. The first-order chi connectivity index (χ1) is 7.38. The van der Waals surface area contributed by atoms with E-state index in [1.54, 1.807) is 5.43 Å². The second-order valence-corrected chi connectivity index (χ2v) is 3.83. The van der Waals surface area contributed by atoms with Gasteiger partial charge >= 0.3 is 11.8 Å². The summed E-state index contributed by atoms with van der Waals surface area (Å²) in [6.45, 7) is 4.27. The van der Waals surface area contributed by atoms with Gasteiger partial charge in [0.25, 0.3) is 0 Å². The number of amides is 3. The number of carbonyl (C=O) groups is 3. The van der Waals surface area contributed by atoms with Gasteiger partial charge < -0.3 is 10.2 Å². The van der Waals surface area contributed by atoms with Gasteiger partial charge in [0.2, 0.25) is 5.91 Å². The number of nitrogens with two attached hydrogens (primary N) is 1. The van der Waals surface area contributed by atoms with Crippen molar-refractivity contribution in [3.63, 3.8) is 0 Å². The van der Waals surface area contributed by atoms with Crippen LogP contribution >= 0.6 is 0 Å². The Labute approximate surface area is 94.3 Å². The van der Waals surface area contributed by atoms with Crippen LogP contribution in [0.25, 0.3) is 0 Å². The highest BCUT2D eigenvalue weighted by Crippen LogP contribution is 1.89. The molecule has 0 spiro atoms. The molecule has 0 radical (unpaired) electrons. The minimum Gasteiger partial charge on any atom is -0.354 e. The lowest BCUT2D eigenvalue weighted by Crippen LogP contribution is -2.47. The van der Waals surface area contributed by atoms with E-state index >= 15 is 0 Å². The maximum Gasteiger partial charge on any atom is 0.323 e. The fourth-order valence-electron chi connectivity index (χ4n) is 0.896. The van der Waals surface area contributed by atoms with Gasteiger partial charge in [0.1, 0.15) is 0 Å². The van der Waals surface area contributed by atoms with Crippen LogP contribution < -0.4 is 16.6 Å². The van der Waals surface area contributed by atoms with Crippen molar-refractivity contribution >= 4 is 17.7 Å². The Kier molecular flexibility index (Phi) is 6.09. The van der Waals surface area contributed by atoms with Crippen molar-refractivity contribution in [2.75, 3.05) is 20.1 Å². The van der Waals surface area contributed by atoms with Crippen molar-refractivity contribution in [2.24, 2.45) is 11.8 Å². The van der Waals surface area contributed by atoms with Gasteiger partial charge in [0.05, 0.1) is 6.54 Å². The molecular formula is C9H18N4O3. The molecule has 0 fully saturated rings. The minimum atomic E-state index is -0.945. The molecule has 7 heteroatoms. The van der Waals surface area contributed by atoms with Crippen molar-refractivity contribution in [1.29, 1.82) is 0 Å². The Morgan fingerprint density at radius 3 is 2.31 bits per heavy atom. The molecule has 3 amide bonds. The fraction of sp³-hybridized carbons (Fsp3) is 0.667. The van der Waals surface area contributed by atoms with E-state index in [9.17, 15) is 14.4 Å². The van der Waals surface area contributed by atoms with E-state index in [0.717, 1.165) is 4.90 Å². The minimum absolute atomic E-state index is 0.168. The number of hydrogen-bond donors (Lipinski definition) is 3. The molecule has 0 aromatic rings. The van der Waals surface area contributed by atoms with Crippen LogP contribution in [0.5, 0.6) is 0 Å². The molecule has 0 heterocycles. The highest BCUT2D eigenvalue weighted by molar-refractivity contribution is 6.35. The third-order valence-corrected chi connectivity index (χ3v) is 1.76. The second-order valence-electron chi connectivity index (χ2n) is 3.83. The Bertz CT molecular complexity index is 278. The molecule has 0 aromatic heterocycles. The van der Waals surface area contributed by atoms with Gasteiger partial charge in [0, 0.05) is 13.6 Å². The Morgan fingerprint density at radius 2 is 1.88 bits per heavy atom. The van der Waals surface area contributed by atoms with Crippen molar-refractivity contribution in [1.82, 2.24) is 15.6 Å². The second kappa shape index (κ2) is 6.78. The van der Waals surface area contributed by atoms with E-state index < -0.39 is 11.8 Å². The quantitative estimate of drug-likeness (QED) is 0.229. The summed E-state index contributed by atoms with van der Waals surface area (Å²) in [5, 5.41) is 2.63. The van der Waals surface area contributed by atoms with E-state index in [4.69, 9.17) is 5.84 Å². The van der Waals surface area contributed by atoms with Gasteiger partial charge in [0.15, 0.2) is 0 Å². The zero-order valence-electron chi connectivity index (χ0n) is 9.74. The Balaban J connectivity index is 4.04. The lowest BCUT2D eigenvalue weighted by atomic mass is 10.2. The van der Waals surface area contributed by atoms with Crippen LogP contribution in [0.3, 0.4) is 0 Å². The number of hydrazine groups is 1. The SMILES string of the molecule is CC(C)CNC(=O)CN(C)C(=O)C(=O)NN. The first-order valence-corrected chi connectivity index (χ1v) is 4.91. The van der Waals surface area contributed by atoms with Crippen LogP contribution in [0.15, 0.2) is 0 Å². The molecule has 0 aliphatic carbocycles. The number of likely N-dealkylation sites (N-methyl/N-ethyl adjacent to an activating group) is 1. The third-order valence-electron chi connectivity index (χ3n) is 1.76. The van der Waals surface area contributed by atoms with E-state index in [-0.39, 0.29) is 12.5 Å². The smallest absolute Gasteiger partial charge is 0.323 e. The van der Waals surface area contributed by atoms with Gasteiger partial charge in [-0.05, 0) is 5.92 Å². The predicted octanol–water partition coefficient (Wildman–Crippen LogP) is -1.79. The van der Waals surface area contributed by atoms with Gasteiger partial charge in [-0.15, -0.1) is 0 Å². The summed E-state index contributed by atoms with van der Waals surface area (Å²) < 4.78 is 0. The molecule has 0 saturated heterocycles. The molecular weight excluding hydrogens is 212 g/mol. The molecule has 4 N–H and O–H groups in total. The molecule has 92 valence electrons. The van der Waals surface area contributed by atoms with E-state index in [0.29, 0.717) is 12.5 Å². The van der Waals surface area contributed by atoms with E-state index in [2.05, 4.69) is 5.32 Å². The summed E-state index contributed by atoms with van der Waals surface area (Å²) in [6.07, 6.45) is 0. The average Bonchev–Trinajstić information content (AvgIpc) is 2.24. The lowest BCUT2D eigenvalue weighted by Gasteiger charge is -2.16. The van der Waals surface area contributed by atoms with Crippen molar-refractivity contribution in [3.8, 4) is 0 Å². The standard InChI is InChI=1S/C9H18N4O3/c1-6(2)4-11-7(14)5-13(3)9(16)8(15)12-10/h6H,4-5,10H2,1-3H3,(H,11,14)(H,12,15). The Hall–Kier alpha value is -1.63. The van der Waals surface area contributed by atoms with Crippen LogP contribution in [-0.2, 0) is 14.4 Å². The Morgan fingerprint density at radius 1 is 1.31 bits per heavy atom. The molecule has 0 aromatic carbocycles. The molecule has 0 bridgehead atoms. The van der Waals surface area contributed by atoms with Crippen molar-refractivity contribution in [2.45, 2.75) is 13.8 Å². The number of rotatable bonds is 4. The molecule has 0 saturated carbocycles. The van der Waals surface area contributed by atoms with Crippen molar-refractivity contribution in [3.05, 3.63) is 0 Å². The maximum absolute atomic E-state index is 11.3. The monoisotopic (exact) mass is 230 g/mol.